The van der Waals surface area contributed by atoms with Gasteiger partial charge in [0, 0.05) is 10.6 Å². The third-order valence-electron chi connectivity index (χ3n) is 10.8. The summed E-state index contributed by atoms with van der Waals surface area (Å²) in [5.41, 5.74) is 1.09. The van der Waals surface area contributed by atoms with E-state index in [0.717, 1.165) is 5.57 Å². The second-order valence-electron chi connectivity index (χ2n) is 13.2. The largest absolute Gasteiger partial charge is 0.463 e. The number of ketones is 1. The smallest absolute Gasteiger partial charge is 0.246 e. The standard InChI is InChI=1S/C39H31ClN2O7/c1-21(44)22-10-12-25(13-11-22)41-35(45)29-16-15-28-30(33(29)37(41)47)19-31-36(46)42(26-9-5-8-24(40)18-26)38(48)39(31,23-6-3-2-4-7-23)34(28)32-17-14-27(20-43)49-32/h2-15,17-18,29-31,33-34,43H,16,19-20H2,1H3/t29-,30+,31-,33-,34+,39+/m0/s1. The number of imide groups is 2. The van der Waals surface area contributed by atoms with E-state index in [1.807, 2.05) is 36.4 Å². The average molecular weight is 675 g/mol. The monoisotopic (exact) mass is 674 g/mol. The van der Waals surface area contributed by atoms with Crippen LogP contribution in [0.15, 0.2) is 107 Å². The van der Waals surface area contributed by atoms with Gasteiger partial charge in [0.1, 0.15) is 23.5 Å². The number of nitrogens with zero attached hydrogens (tertiary/aromatic N) is 2. The summed E-state index contributed by atoms with van der Waals surface area (Å²) in [6.07, 6.45) is 2.35. The van der Waals surface area contributed by atoms with Crippen LogP contribution in [0.2, 0.25) is 5.02 Å². The van der Waals surface area contributed by atoms with E-state index in [4.69, 9.17) is 16.0 Å². The van der Waals surface area contributed by atoms with Gasteiger partial charge < -0.3 is 9.52 Å². The number of allylic oxidation sites excluding steroid dienone is 2. The molecule has 0 bridgehead atoms. The highest BCUT2D eigenvalue weighted by atomic mass is 35.5. The highest BCUT2D eigenvalue weighted by Gasteiger charge is 2.71. The molecule has 246 valence electrons. The van der Waals surface area contributed by atoms with Crippen LogP contribution in [0.1, 0.15) is 53.1 Å². The van der Waals surface area contributed by atoms with Gasteiger partial charge in [-0.1, -0.05) is 59.6 Å². The quantitative estimate of drug-likeness (QED) is 0.151. The number of hydrogen-bond acceptors (Lipinski definition) is 7. The fraction of sp³-hybridized carbons (Fsp3) is 0.256. The number of halogens is 1. The Hall–Kier alpha value is -5.12. The van der Waals surface area contributed by atoms with Crippen LogP contribution >= 0.6 is 11.6 Å². The van der Waals surface area contributed by atoms with E-state index >= 15 is 4.79 Å². The van der Waals surface area contributed by atoms with Crippen molar-refractivity contribution in [2.24, 2.45) is 23.7 Å². The summed E-state index contributed by atoms with van der Waals surface area (Å²) in [7, 11) is 0. The van der Waals surface area contributed by atoms with Gasteiger partial charge in [0.2, 0.25) is 23.6 Å². The summed E-state index contributed by atoms with van der Waals surface area (Å²) in [6, 6.07) is 25.5. The SMILES string of the molecule is CC(=O)c1ccc(N2C(=O)[C@H]3[C@H](CC=C4[C@H]3C[C@H]3C(=O)N(c5cccc(Cl)c5)C(=O)[C@@]3(c3ccccc3)[C@H]4c3ccc(CO)o3)C2=O)cc1. The van der Waals surface area contributed by atoms with Gasteiger partial charge in [0.15, 0.2) is 5.78 Å². The van der Waals surface area contributed by atoms with Crippen molar-refractivity contribution in [3.05, 3.63) is 130 Å². The molecular formula is C39H31ClN2O7. The van der Waals surface area contributed by atoms with Gasteiger partial charge in [0.05, 0.1) is 35.0 Å². The molecule has 4 amide bonds. The van der Waals surface area contributed by atoms with Crippen LogP contribution < -0.4 is 9.80 Å². The molecule has 2 saturated heterocycles. The molecule has 3 heterocycles. The average Bonchev–Trinajstić information content (AvgIpc) is 3.75. The summed E-state index contributed by atoms with van der Waals surface area (Å²) in [5.74, 6) is -4.82. The predicted octanol–water partition coefficient (Wildman–Crippen LogP) is 5.99. The minimum atomic E-state index is -1.46. The van der Waals surface area contributed by atoms with Gasteiger partial charge >= 0.3 is 0 Å². The van der Waals surface area contributed by atoms with E-state index in [1.54, 1.807) is 60.7 Å². The molecule has 0 unspecified atom stereocenters. The first-order valence-corrected chi connectivity index (χ1v) is 16.6. The highest BCUT2D eigenvalue weighted by Crippen LogP contribution is 2.64. The molecule has 0 radical (unpaired) electrons. The maximum Gasteiger partial charge on any atom is 0.246 e. The number of carbonyl (C=O) groups excluding carboxylic acids is 5. The van der Waals surface area contributed by atoms with E-state index in [1.165, 1.54) is 16.7 Å². The van der Waals surface area contributed by atoms with Gasteiger partial charge in [-0.15, -0.1) is 0 Å². The van der Waals surface area contributed by atoms with Crippen LogP contribution in [0.3, 0.4) is 0 Å². The molecule has 4 aliphatic rings. The minimum Gasteiger partial charge on any atom is -0.463 e. The van der Waals surface area contributed by atoms with Crippen molar-refractivity contribution in [2.45, 2.75) is 37.7 Å². The molecule has 1 aromatic heterocycles. The summed E-state index contributed by atoms with van der Waals surface area (Å²) in [4.78, 5) is 72.6. The number of Topliss-reactive ketones (excluding diaryl/α,β-unsaturated/α-hetero) is 1. The van der Waals surface area contributed by atoms with Gasteiger partial charge in [0.25, 0.3) is 0 Å². The third kappa shape index (κ3) is 4.45. The predicted molar refractivity (Wildman–Crippen MR) is 180 cm³/mol. The molecule has 6 atom stereocenters. The number of benzene rings is 3. The lowest BCUT2D eigenvalue weighted by atomic mass is 9.50. The van der Waals surface area contributed by atoms with E-state index in [2.05, 4.69) is 0 Å². The number of rotatable bonds is 6. The Morgan fingerprint density at radius 3 is 2.29 bits per heavy atom. The molecule has 49 heavy (non-hydrogen) atoms. The minimum absolute atomic E-state index is 0.131. The lowest BCUT2D eigenvalue weighted by Gasteiger charge is -2.49. The molecule has 3 aromatic carbocycles. The van der Waals surface area contributed by atoms with Crippen molar-refractivity contribution in [1.82, 2.24) is 0 Å². The second-order valence-corrected chi connectivity index (χ2v) is 13.6. The molecule has 1 saturated carbocycles. The summed E-state index contributed by atoms with van der Waals surface area (Å²) in [5, 5.41) is 10.3. The lowest BCUT2D eigenvalue weighted by Crippen LogP contribution is -2.53. The molecule has 4 aromatic rings. The fourth-order valence-electron chi connectivity index (χ4n) is 8.79. The first-order valence-electron chi connectivity index (χ1n) is 16.2. The Morgan fingerprint density at radius 1 is 0.857 bits per heavy atom. The Labute approximate surface area is 286 Å². The Balaban J connectivity index is 1.31. The third-order valence-corrected chi connectivity index (χ3v) is 11.1. The van der Waals surface area contributed by atoms with Crippen LogP contribution in [0.25, 0.3) is 0 Å². The molecule has 8 rings (SSSR count). The van der Waals surface area contributed by atoms with Crippen LogP contribution in [-0.4, -0.2) is 34.5 Å². The van der Waals surface area contributed by atoms with Gasteiger partial charge in [-0.3, -0.25) is 28.9 Å². The van der Waals surface area contributed by atoms with Crippen molar-refractivity contribution < 1.29 is 33.5 Å². The van der Waals surface area contributed by atoms with Crippen LogP contribution in [0, 0.1) is 23.7 Å². The Morgan fingerprint density at radius 2 is 1.61 bits per heavy atom. The number of fused-ring (bicyclic) bond motifs is 4. The number of amides is 4. The summed E-state index contributed by atoms with van der Waals surface area (Å²) >= 11 is 6.36. The zero-order valence-electron chi connectivity index (χ0n) is 26.4. The Kier molecular flexibility index (Phi) is 7.31. The number of hydrogen-bond donors (Lipinski definition) is 1. The van der Waals surface area contributed by atoms with Crippen molar-refractivity contribution in [2.75, 3.05) is 9.80 Å². The van der Waals surface area contributed by atoms with E-state index in [9.17, 15) is 24.3 Å². The number of anilines is 2. The lowest BCUT2D eigenvalue weighted by molar-refractivity contribution is -0.127. The van der Waals surface area contributed by atoms with Crippen molar-refractivity contribution in [3.8, 4) is 0 Å². The molecule has 1 N–H and O–H groups in total. The number of furan rings is 1. The maximum atomic E-state index is 15.2. The molecule has 3 fully saturated rings. The van der Waals surface area contributed by atoms with Gasteiger partial charge in [-0.2, -0.15) is 0 Å². The van der Waals surface area contributed by atoms with Crippen LogP contribution in [-0.2, 0) is 31.2 Å². The molecule has 2 aliphatic heterocycles. The maximum absolute atomic E-state index is 15.2. The van der Waals surface area contributed by atoms with Crippen LogP contribution in [0.4, 0.5) is 11.4 Å². The second kappa shape index (κ2) is 11.5. The van der Waals surface area contributed by atoms with E-state index < -0.39 is 46.8 Å². The first kappa shape index (κ1) is 31.2. The fourth-order valence-corrected chi connectivity index (χ4v) is 8.97. The van der Waals surface area contributed by atoms with Crippen LogP contribution in [0.5, 0.6) is 0 Å². The van der Waals surface area contributed by atoms with Crippen molar-refractivity contribution in [1.29, 1.82) is 0 Å². The highest BCUT2D eigenvalue weighted by molar-refractivity contribution is 6.32. The van der Waals surface area contributed by atoms with Crippen molar-refractivity contribution in [3.63, 3.8) is 0 Å². The number of aliphatic hydroxyl groups excluding tert-OH is 1. The molecule has 0 spiro atoms. The summed E-state index contributed by atoms with van der Waals surface area (Å²) in [6.45, 7) is 1.08. The van der Waals surface area contributed by atoms with Gasteiger partial charge in [-0.05, 0) is 85.8 Å². The first-order chi connectivity index (χ1) is 23.7. The Bertz CT molecular complexity index is 2090. The molecular weight excluding hydrogens is 644 g/mol. The van der Waals surface area contributed by atoms with E-state index in [-0.39, 0.29) is 37.0 Å². The summed E-state index contributed by atoms with van der Waals surface area (Å²) < 4.78 is 6.22. The van der Waals surface area contributed by atoms with Gasteiger partial charge in [-0.25, -0.2) is 4.90 Å². The number of carbonyl (C=O) groups is 5. The molecule has 2 aliphatic carbocycles. The molecule has 9 nitrogen and oxygen atoms in total. The zero-order chi connectivity index (χ0) is 34.2. The van der Waals surface area contributed by atoms with Crippen molar-refractivity contribution >= 4 is 52.4 Å². The topological polar surface area (TPSA) is 125 Å². The molecule has 10 heteroatoms. The number of aliphatic hydroxyl groups is 1. The zero-order valence-corrected chi connectivity index (χ0v) is 27.2. The van der Waals surface area contributed by atoms with E-state index in [0.29, 0.717) is 39.0 Å². The normalized spacial score (nSPS) is 27.6.